The lowest BCUT2D eigenvalue weighted by Crippen LogP contribution is -2.71. The Morgan fingerprint density at radius 3 is 2.71 bits per heavy atom. The number of halogens is 1. The van der Waals surface area contributed by atoms with E-state index in [-0.39, 0.29) is 27.7 Å². The minimum Gasteiger partial charge on any atom is -0.477 e. The smallest absolute Gasteiger partial charge is 0.352 e. The van der Waals surface area contributed by atoms with Gasteiger partial charge in [-0.15, -0.1) is 11.8 Å². The van der Waals surface area contributed by atoms with Crippen LogP contribution in [0, 0.1) is 0 Å². The summed E-state index contributed by atoms with van der Waals surface area (Å²) in [7, 11) is 2.63. The van der Waals surface area contributed by atoms with Crippen LogP contribution in [0.25, 0.3) is 0 Å². The Balaban J connectivity index is 1.78. The van der Waals surface area contributed by atoms with Gasteiger partial charge in [-0.25, -0.2) is 4.79 Å². The van der Waals surface area contributed by atoms with Crippen molar-refractivity contribution in [3.63, 3.8) is 0 Å². The molecule has 0 spiro atoms. The van der Waals surface area contributed by atoms with Gasteiger partial charge < -0.3 is 15.3 Å². The maximum Gasteiger partial charge on any atom is 0.352 e. The number of hydrogen-bond acceptors (Lipinski definition) is 11. The number of nitrogens with zero attached hydrogens (tertiary/aromatic N) is 4. The van der Waals surface area contributed by atoms with Crippen molar-refractivity contribution in [1.29, 1.82) is 0 Å². The van der Waals surface area contributed by atoms with E-state index in [2.05, 4.69) is 41.3 Å². The van der Waals surface area contributed by atoms with Crippen molar-refractivity contribution in [2.24, 2.45) is 12.2 Å². The monoisotopic (exact) mass is 576 g/mol. The van der Waals surface area contributed by atoms with Gasteiger partial charge in [0.1, 0.15) is 24.2 Å². The molecule has 34 heavy (non-hydrogen) atoms. The Kier molecular flexibility index (Phi) is 7.98. The lowest BCUT2D eigenvalue weighted by atomic mass is 10.0. The van der Waals surface area contributed by atoms with Crippen LogP contribution in [0.1, 0.15) is 0 Å². The first-order chi connectivity index (χ1) is 16.1. The number of carboxylic acid groups (broad SMARTS) is 1. The molecule has 1 fully saturated rings. The summed E-state index contributed by atoms with van der Waals surface area (Å²) in [5.74, 6) is -3.28. The van der Waals surface area contributed by atoms with E-state index in [1.165, 1.54) is 23.5 Å². The zero-order chi connectivity index (χ0) is 25.2. The van der Waals surface area contributed by atoms with Gasteiger partial charge in [0.2, 0.25) is 11.5 Å². The van der Waals surface area contributed by atoms with Crippen molar-refractivity contribution in [2.45, 2.75) is 16.6 Å². The third-order valence-corrected chi connectivity index (χ3v) is 7.61. The summed E-state index contributed by atoms with van der Waals surface area (Å²) in [6.45, 7) is 0. The molecule has 0 bridgehead atoms. The van der Waals surface area contributed by atoms with Crippen LogP contribution < -0.4 is 16.4 Å². The van der Waals surface area contributed by atoms with E-state index in [4.69, 9.17) is 0 Å². The number of amides is 2. The number of Topliss-reactive ketones (excluding diaryl/α,β-unsaturated/α-hetero) is 1. The fourth-order valence-corrected chi connectivity index (χ4v) is 5.79. The second-order valence-electron chi connectivity index (χ2n) is 6.79. The van der Waals surface area contributed by atoms with Gasteiger partial charge in [-0.3, -0.25) is 38.7 Å². The van der Waals surface area contributed by atoms with Gasteiger partial charge >= 0.3 is 17.1 Å². The van der Waals surface area contributed by atoms with E-state index in [9.17, 15) is 33.9 Å². The third-order valence-electron chi connectivity index (χ3n) is 4.64. The number of nitrogens with one attached hydrogen (secondary N) is 2. The number of β-lactam (4-membered cyclic amide) rings is 1. The number of thioether (sulfide) groups is 2. The molecule has 1 aromatic heterocycles. The molecule has 2 aliphatic heterocycles. The molecule has 1 aromatic rings. The van der Waals surface area contributed by atoms with Gasteiger partial charge in [-0.2, -0.15) is 4.98 Å². The summed E-state index contributed by atoms with van der Waals surface area (Å²) < 4.78 is 1.24. The maximum atomic E-state index is 12.8. The number of rotatable bonds is 9. The Bertz CT molecular complexity index is 1240. The van der Waals surface area contributed by atoms with Gasteiger partial charge in [0.15, 0.2) is 5.16 Å². The number of carboxylic acids is 1. The van der Waals surface area contributed by atoms with Gasteiger partial charge in [-0.1, -0.05) is 32.8 Å². The predicted octanol–water partition coefficient (Wildman–Crippen LogP) is -1.73. The number of ketones is 1. The van der Waals surface area contributed by atoms with Crippen LogP contribution >= 0.6 is 39.5 Å². The number of hydrogen-bond donors (Lipinski definition) is 3. The lowest BCUT2D eigenvalue weighted by Gasteiger charge is -2.49. The minimum absolute atomic E-state index is 0.0822. The summed E-state index contributed by atoms with van der Waals surface area (Å²) in [6.07, 6.45) is 0. The molecule has 0 unspecified atom stereocenters. The Hall–Kier alpha value is -2.92. The SMILES string of the molecule is CON=C(C(=O)CBr)C(=O)N[C@@H]1C(=O)N2C(C(=O)O)=C(CSc3nc(=O)c(=O)[nH]n3C)CS[C@H]12. The number of oxime groups is 1. The first-order valence-corrected chi connectivity index (χ1v) is 12.5. The van der Waals surface area contributed by atoms with Crippen LogP contribution in [0.4, 0.5) is 0 Å². The van der Waals surface area contributed by atoms with Crippen molar-refractivity contribution in [3.8, 4) is 0 Å². The number of carbonyl (C=O) groups is 4. The highest BCUT2D eigenvalue weighted by Crippen LogP contribution is 2.41. The Morgan fingerprint density at radius 2 is 2.09 bits per heavy atom. The molecule has 3 heterocycles. The van der Waals surface area contributed by atoms with Crippen LogP contribution in [-0.4, -0.2) is 89.4 Å². The number of H-pyrrole nitrogens is 1. The van der Waals surface area contributed by atoms with Gasteiger partial charge in [-0.05, 0) is 5.57 Å². The summed E-state index contributed by atoms with van der Waals surface area (Å²) in [5, 5.41) is 17.1. The number of aromatic nitrogens is 3. The normalized spacial score (nSPS) is 19.9. The van der Waals surface area contributed by atoms with E-state index < -0.39 is 51.8 Å². The standard InChI is InChI=1S/C17H17BrN6O8S2/c1-23-17(20-12(27)13(28)21-23)34-5-6-4-33-15-9(14(29)24(15)10(6)16(30)31)19-11(26)8(22-32-2)7(25)3-18/h9,15H,3-5H2,1-2H3,(H,19,26)(H,21,28)(H,30,31)/t9-,15-/m1/s1. The minimum atomic E-state index is -1.33. The van der Waals surface area contributed by atoms with E-state index in [0.29, 0.717) is 5.57 Å². The fourth-order valence-electron chi connectivity index (χ4n) is 3.12. The molecular weight excluding hydrogens is 560 g/mol. The van der Waals surface area contributed by atoms with Crippen molar-refractivity contribution in [2.75, 3.05) is 23.9 Å². The van der Waals surface area contributed by atoms with Crippen LogP contribution in [0.2, 0.25) is 0 Å². The second kappa shape index (κ2) is 10.6. The predicted molar refractivity (Wildman–Crippen MR) is 124 cm³/mol. The molecule has 0 aliphatic carbocycles. The van der Waals surface area contributed by atoms with Crippen LogP contribution in [0.15, 0.2) is 31.2 Å². The number of alkyl halides is 1. The molecule has 3 rings (SSSR count). The number of aryl methyl sites for hydroxylation is 1. The van der Waals surface area contributed by atoms with Gasteiger partial charge in [0.05, 0.1) is 5.33 Å². The summed E-state index contributed by atoms with van der Waals surface area (Å²) >= 11 is 5.18. The topological polar surface area (TPSA) is 193 Å². The highest BCUT2D eigenvalue weighted by molar-refractivity contribution is 9.09. The van der Waals surface area contributed by atoms with E-state index >= 15 is 0 Å². The van der Waals surface area contributed by atoms with Crippen molar-refractivity contribution in [1.82, 2.24) is 25.0 Å². The maximum absolute atomic E-state index is 12.8. The molecule has 182 valence electrons. The molecule has 0 radical (unpaired) electrons. The Morgan fingerprint density at radius 1 is 1.38 bits per heavy atom. The average molecular weight is 577 g/mol. The zero-order valence-corrected chi connectivity index (χ0v) is 20.8. The molecule has 3 N–H and O–H groups in total. The lowest BCUT2D eigenvalue weighted by molar-refractivity contribution is -0.150. The summed E-state index contributed by atoms with van der Waals surface area (Å²) in [5.41, 5.74) is -2.23. The first-order valence-electron chi connectivity index (χ1n) is 9.32. The third kappa shape index (κ3) is 4.95. The van der Waals surface area contributed by atoms with Gasteiger partial charge in [0, 0.05) is 18.6 Å². The van der Waals surface area contributed by atoms with E-state index in [0.717, 1.165) is 23.8 Å². The highest BCUT2D eigenvalue weighted by atomic mass is 79.9. The molecule has 1 saturated heterocycles. The molecule has 17 heteroatoms. The summed E-state index contributed by atoms with van der Waals surface area (Å²) in [6, 6.07) is -1.06. The van der Waals surface area contributed by atoms with Crippen LogP contribution in [0.3, 0.4) is 0 Å². The summed E-state index contributed by atoms with van der Waals surface area (Å²) in [4.78, 5) is 81.1. The van der Waals surface area contributed by atoms with Crippen molar-refractivity contribution >= 4 is 68.7 Å². The molecule has 2 amide bonds. The zero-order valence-electron chi connectivity index (χ0n) is 17.6. The van der Waals surface area contributed by atoms with E-state index in [1.54, 1.807) is 0 Å². The van der Waals surface area contributed by atoms with Crippen molar-refractivity contribution < 1.29 is 29.1 Å². The molecular formula is C17H17BrN6O8S2. The van der Waals surface area contributed by atoms with E-state index in [1.807, 2.05) is 0 Å². The quantitative estimate of drug-likeness (QED) is 0.0574. The van der Waals surface area contributed by atoms with Crippen LogP contribution in [-0.2, 0) is 31.1 Å². The van der Waals surface area contributed by atoms with Gasteiger partial charge in [0.25, 0.3) is 11.8 Å². The fraction of sp³-hybridized carbons (Fsp3) is 0.412. The molecule has 14 nitrogen and oxygen atoms in total. The molecule has 2 atom stereocenters. The Labute approximate surface area is 207 Å². The number of carbonyl (C=O) groups excluding carboxylic acids is 3. The second-order valence-corrected chi connectivity index (χ2v) is 9.39. The number of aromatic amines is 1. The number of fused-ring (bicyclic) bond motifs is 1. The first kappa shape index (κ1) is 25.7. The largest absolute Gasteiger partial charge is 0.477 e. The van der Waals surface area contributed by atoms with Crippen LogP contribution in [0.5, 0.6) is 0 Å². The highest BCUT2D eigenvalue weighted by Gasteiger charge is 2.54. The average Bonchev–Trinajstić information content (AvgIpc) is 2.80. The molecule has 2 aliphatic rings. The molecule has 0 aromatic carbocycles. The molecule has 0 saturated carbocycles. The van der Waals surface area contributed by atoms with Crippen molar-refractivity contribution in [3.05, 3.63) is 32.0 Å². The number of aliphatic carboxylic acids is 1.